The van der Waals surface area contributed by atoms with Gasteiger partial charge in [-0.25, -0.2) is 18.7 Å². The summed E-state index contributed by atoms with van der Waals surface area (Å²) in [7, 11) is 0. The van der Waals surface area contributed by atoms with Crippen molar-refractivity contribution in [2.75, 3.05) is 0 Å². The Balaban J connectivity index is 1.48. The molecule has 2 aromatic heterocycles. The van der Waals surface area contributed by atoms with Gasteiger partial charge in [0.15, 0.2) is 0 Å². The van der Waals surface area contributed by atoms with Crippen LogP contribution in [0.2, 0.25) is 5.28 Å². The predicted octanol–water partition coefficient (Wildman–Crippen LogP) is 5.07. The lowest BCUT2D eigenvalue weighted by Crippen LogP contribution is -2.52. The Kier molecular flexibility index (Phi) is 2.71. The summed E-state index contributed by atoms with van der Waals surface area (Å²) < 4.78 is 28.8. The van der Waals surface area contributed by atoms with Gasteiger partial charge in [-0.15, -0.1) is 5.10 Å². The molecular weight excluding hydrogens is 406 g/mol. The number of fused-ring (bicyclic) bond motifs is 4. The monoisotopic (exact) mass is 422 g/mol. The minimum atomic E-state index is -0.629. The van der Waals surface area contributed by atoms with E-state index in [1.54, 1.807) is 6.20 Å². The van der Waals surface area contributed by atoms with Gasteiger partial charge in [0.25, 0.3) is 0 Å². The lowest BCUT2D eigenvalue weighted by molar-refractivity contribution is 0.0309. The van der Waals surface area contributed by atoms with E-state index in [-0.39, 0.29) is 44.1 Å². The Morgan fingerprint density at radius 1 is 1.07 bits per heavy atom. The van der Waals surface area contributed by atoms with Gasteiger partial charge in [-0.3, -0.25) is 0 Å². The minimum Gasteiger partial charge on any atom is -0.227 e. The largest absolute Gasteiger partial charge is 0.227 e. The summed E-state index contributed by atoms with van der Waals surface area (Å²) in [6.07, 6.45) is 3.66. The van der Waals surface area contributed by atoms with Gasteiger partial charge in [-0.05, 0) is 71.0 Å². The first-order valence-corrected chi connectivity index (χ1v) is 10.5. The first-order chi connectivity index (χ1) is 14.3. The Labute approximate surface area is 176 Å². The molecule has 0 saturated heterocycles. The number of hydrogen-bond acceptors (Lipinski definition) is 4. The van der Waals surface area contributed by atoms with Crippen LogP contribution in [0.3, 0.4) is 0 Å². The van der Waals surface area contributed by atoms with Crippen molar-refractivity contribution in [2.45, 2.75) is 38.0 Å². The summed E-state index contributed by atoms with van der Waals surface area (Å²) in [4.78, 5) is 8.65. The molecule has 4 nitrogen and oxygen atoms in total. The molecule has 2 heterocycles. The first-order valence-electron chi connectivity index (χ1n) is 10.1. The molecule has 0 N–H and O–H groups in total. The van der Waals surface area contributed by atoms with Gasteiger partial charge in [0, 0.05) is 11.6 Å². The van der Waals surface area contributed by atoms with Crippen molar-refractivity contribution in [2.24, 2.45) is 16.2 Å². The maximum Gasteiger partial charge on any atom is 0.222 e. The van der Waals surface area contributed by atoms with E-state index in [1.165, 1.54) is 18.2 Å². The molecule has 3 fully saturated rings. The van der Waals surface area contributed by atoms with Crippen LogP contribution in [0, 0.1) is 27.9 Å². The number of rotatable bonds is 2. The van der Waals surface area contributed by atoms with Gasteiger partial charge in [0.1, 0.15) is 11.6 Å². The van der Waals surface area contributed by atoms with E-state index in [1.807, 2.05) is 12.1 Å². The van der Waals surface area contributed by atoms with Crippen molar-refractivity contribution in [1.82, 2.24) is 20.2 Å². The van der Waals surface area contributed by atoms with Gasteiger partial charge >= 0.3 is 0 Å². The van der Waals surface area contributed by atoms with Crippen molar-refractivity contribution in [3.8, 4) is 11.3 Å². The smallest absolute Gasteiger partial charge is 0.222 e. The van der Waals surface area contributed by atoms with E-state index in [0.717, 1.165) is 29.8 Å². The number of aromatic nitrogens is 4. The standard InChI is InChI=1S/C23H17ClF2N4/c1-20-9-12-11-8-15(17-13(25)4-3-5-14(17)26)29-30-18(11)22(10-21(20,2)23(12,20)22)16-6-7-27-19(24)28-16/h3-8,12H,9-10H2,1-2H3/t12-,20?,21?,22-,23?/m0/s1. The summed E-state index contributed by atoms with van der Waals surface area (Å²) in [5, 5.41) is 9.12. The van der Waals surface area contributed by atoms with Gasteiger partial charge < -0.3 is 0 Å². The maximum atomic E-state index is 14.4. The minimum absolute atomic E-state index is 0.0219. The molecular formula is C23H17ClF2N4. The highest BCUT2D eigenvalue weighted by Crippen LogP contribution is 3.08. The van der Waals surface area contributed by atoms with Crippen LogP contribution in [-0.4, -0.2) is 20.2 Å². The normalized spacial score (nSPS) is 38.8. The van der Waals surface area contributed by atoms with Crippen LogP contribution in [0.1, 0.15) is 49.6 Å². The molecule has 4 aliphatic carbocycles. The Hall–Kier alpha value is -2.47. The fourth-order valence-corrected chi connectivity index (χ4v) is 8.44. The van der Waals surface area contributed by atoms with E-state index in [4.69, 9.17) is 11.6 Å². The van der Waals surface area contributed by atoms with E-state index < -0.39 is 11.6 Å². The number of hydrogen-bond donors (Lipinski definition) is 0. The Morgan fingerprint density at radius 3 is 2.50 bits per heavy atom. The second-order valence-corrected chi connectivity index (χ2v) is 9.99. The zero-order valence-corrected chi connectivity index (χ0v) is 17.1. The molecule has 0 aliphatic heterocycles. The van der Waals surface area contributed by atoms with Crippen LogP contribution in [0.4, 0.5) is 8.78 Å². The highest BCUT2D eigenvalue weighted by Gasteiger charge is 3.05. The SMILES string of the molecule is CC12C[C@H]3c4cc(-c5c(F)cccc5F)nnc4[C@@]4(c5ccnc(Cl)n5)CC1(C)C324. The molecule has 150 valence electrons. The second kappa shape index (κ2) is 4.72. The number of nitrogens with zero attached hydrogens (tertiary/aromatic N) is 4. The maximum absolute atomic E-state index is 14.4. The molecule has 0 amide bonds. The topological polar surface area (TPSA) is 51.6 Å². The Bertz CT molecular complexity index is 1280. The zero-order chi connectivity index (χ0) is 20.7. The summed E-state index contributed by atoms with van der Waals surface area (Å²) in [5.74, 6) is -0.972. The van der Waals surface area contributed by atoms with Crippen LogP contribution >= 0.6 is 11.6 Å². The van der Waals surface area contributed by atoms with Gasteiger partial charge in [0.05, 0.1) is 28.1 Å². The average Bonchev–Trinajstić information content (AvgIpc) is 2.85. The molecule has 4 aliphatic rings. The third-order valence-corrected chi connectivity index (χ3v) is 9.39. The fourth-order valence-electron chi connectivity index (χ4n) is 8.30. The molecule has 3 aromatic rings. The number of benzene rings is 1. The molecule has 1 spiro atoms. The summed E-state index contributed by atoms with van der Waals surface area (Å²) in [6, 6.07) is 7.63. The molecule has 0 bridgehead atoms. The van der Waals surface area contributed by atoms with Crippen molar-refractivity contribution in [3.63, 3.8) is 0 Å². The van der Waals surface area contributed by atoms with Crippen molar-refractivity contribution in [3.05, 3.63) is 70.4 Å². The molecule has 7 rings (SSSR count). The Morgan fingerprint density at radius 2 is 1.83 bits per heavy atom. The van der Waals surface area contributed by atoms with E-state index in [2.05, 4.69) is 34.0 Å². The third kappa shape index (κ3) is 1.38. The third-order valence-electron chi connectivity index (χ3n) is 9.21. The van der Waals surface area contributed by atoms with Crippen LogP contribution in [-0.2, 0) is 5.41 Å². The first kappa shape index (κ1) is 17.2. The van der Waals surface area contributed by atoms with Crippen molar-refractivity contribution < 1.29 is 8.78 Å². The molecule has 0 radical (unpaired) electrons. The average molecular weight is 423 g/mol. The van der Waals surface area contributed by atoms with Crippen LogP contribution in [0.5, 0.6) is 0 Å². The van der Waals surface area contributed by atoms with Gasteiger partial charge in [-0.2, -0.15) is 5.10 Å². The molecule has 5 atom stereocenters. The molecule has 7 heteroatoms. The quantitative estimate of drug-likeness (QED) is 0.541. The summed E-state index contributed by atoms with van der Waals surface area (Å²) >= 11 is 6.16. The highest BCUT2D eigenvalue weighted by atomic mass is 35.5. The van der Waals surface area contributed by atoms with Gasteiger partial charge in [-0.1, -0.05) is 19.9 Å². The lowest BCUT2D eigenvalue weighted by Gasteiger charge is -2.53. The highest BCUT2D eigenvalue weighted by molar-refractivity contribution is 6.28. The van der Waals surface area contributed by atoms with Crippen LogP contribution in [0.15, 0.2) is 36.5 Å². The second-order valence-electron chi connectivity index (χ2n) is 9.65. The predicted molar refractivity (Wildman–Crippen MR) is 106 cm³/mol. The van der Waals surface area contributed by atoms with E-state index >= 15 is 0 Å². The zero-order valence-electron chi connectivity index (χ0n) is 16.4. The lowest BCUT2D eigenvalue weighted by atomic mass is 9.49. The van der Waals surface area contributed by atoms with E-state index in [9.17, 15) is 8.78 Å². The van der Waals surface area contributed by atoms with Crippen molar-refractivity contribution >= 4 is 11.6 Å². The van der Waals surface area contributed by atoms with Crippen LogP contribution in [0.25, 0.3) is 11.3 Å². The van der Waals surface area contributed by atoms with E-state index in [0.29, 0.717) is 0 Å². The van der Waals surface area contributed by atoms with Crippen molar-refractivity contribution in [1.29, 1.82) is 0 Å². The molecule has 30 heavy (non-hydrogen) atoms. The molecule has 3 unspecified atom stereocenters. The van der Waals surface area contributed by atoms with Gasteiger partial charge in [0.2, 0.25) is 5.28 Å². The fraction of sp³-hybridized carbons (Fsp3) is 0.391. The summed E-state index contributed by atoms with van der Waals surface area (Å²) in [6.45, 7) is 4.70. The number of halogens is 3. The summed E-state index contributed by atoms with van der Waals surface area (Å²) in [5.41, 5.74) is 3.01. The molecule has 3 saturated carbocycles. The van der Waals surface area contributed by atoms with Crippen LogP contribution < -0.4 is 0 Å². The molecule has 1 aromatic carbocycles.